The number of aliphatic carboxylic acids is 1. The predicted octanol–water partition coefficient (Wildman–Crippen LogP) is 1.33. The summed E-state index contributed by atoms with van der Waals surface area (Å²) in [5, 5.41) is 17.9. The fraction of sp³-hybridized carbons (Fsp3) is 0.0909. The summed E-state index contributed by atoms with van der Waals surface area (Å²) >= 11 is 0. The van der Waals surface area contributed by atoms with Crippen molar-refractivity contribution in [2.24, 2.45) is 0 Å². The monoisotopic (exact) mass is 266 g/mol. The molecule has 0 spiro atoms. The molecule has 1 rings (SSSR count). The number of terminal acetylenes is 1. The van der Waals surface area contributed by atoms with Crippen molar-refractivity contribution in [1.29, 1.82) is 0 Å². The second-order valence-corrected chi connectivity index (χ2v) is 2.61. The first-order valence-corrected chi connectivity index (χ1v) is 4.24. The lowest BCUT2D eigenvalue weighted by molar-refractivity contribution is -0.385. The van der Waals surface area contributed by atoms with Crippen molar-refractivity contribution in [2.45, 2.75) is 6.92 Å². The summed E-state index contributed by atoms with van der Waals surface area (Å²) in [5.74, 6) is 4.31. The highest BCUT2D eigenvalue weighted by atomic mass is 16.6. The highest BCUT2D eigenvalue weighted by Gasteiger charge is 2.01. The molecule has 0 saturated carbocycles. The van der Waals surface area contributed by atoms with Gasteiger partial charge in [0.15, 0.2) is 0 Å². The van der Waals surface area contributed by atoms with E-state index in [9.17, 15) is 14.9 Å². The van der Waals surface area contributed by atoms with E-state index < -0.39 is 10.9 Å². The number of aromatic nitrogens is 1. The molecule has 0 aromatic carbocycles. The minimum Gasteiger partial charge on any atom is -0.472 e. The Morgan fingerprint density at radius 1 is 1.47 bits per heavy atom. The van der Waals surface area contributed by atoms with Crippen LogP contribution in [-0.2, 0) is 4.79 Å². The van der Waals surface area contributed by atoms with Gasteiger partial charge in [0.1, 0.15) is 6.20 Å². The van der Waals surface area contributed by atoms with Crippen LogP contribution in [0.15, 0.2) is 18.3 Å². The minimum atomic E-state index is -1.20. The molecule has 0 bridgehead atoms. The van der Waals surface area contributed by atoms with Crippen molar-refractivity contribution >= 4 is 11.7 Å². The van der Waals surface area contributed by atoms with Gasteiger partial charge in [0.25, 0.3) is 5.69 Å². The van der Waals surface area contributed by atoms with Crippen LogP contribution in [-0.4, -0.2) is 21.0 Å². The zero-order valence-corrected chi connectivity index (χ0v) is 10.3. The molecule has 0 unspecified atom stereocenters. The maximum Gasteiger partial charge on any atom is 0.382 e. The van der Waals surface area contributed by atoms with Crippen LogP contribution in [0.4, 0.5) is 5.69 Å². The number of pyridine rings is 1. The number of nitrogens with zero attached hydrogens (tertiary/aromatic N) is 2. The van der Waals surface area contributed by atoms with Gasteiger partial charge in [-0.1, -0.05) is 0 Å². The van der Waals surface area contributed by atoms with E-state index in [1.807, 2.05) is 11.8 Å². The van der Waals surface area contributed by atoms with Crippen LogP contribution < -0.4 is 12.3 Å². The van der Waals surface area contributed by atoms with Crippen LogP contribution >= 0.6 is 0 Å². The molecule has 0 saturated heterocycles. The first-order chi connectivity index (χ1) is 7.97. The summed E-state index contributed by atoms with van der Waals surface area (Å²) in [6, 6.07) is 3.04. The van der Waals surface area contributed by atoms with Crippen LogP contribution in [0.25, 0.3) is 0 Å². The summed E-state index contributed by atoms with van der Waals surface area (Å²) in [5.41, 5.74) is 0.816. The Bertz CT molecular complexity index is 508. The average molecular weight is 266 g/mol. The van der Waals surface area contributed by atoms with E-state index in [1.165, 1.54) is 12.3 Å². The van der Waals surface area contributed by atoms with Crippen molar-refractivity contribution in [1.82, 2.24) is 17.3 Å². The molecule has 1 aromatic heterocycles. The SMILES string of the molecule is C#CC#CC(=O)O.Cc1ccc([N+](=O)[O-])cn1.N.N. The zero-order valence-electron chi connectivity index (χ0n) is 10.3. The molecule has 0 amide bonds. The van der Waals surface area contributed by atoms with E-state index in [4.69, 9.17) is 5.11 Å². The zero-order chi connectivity index (χ0) is 13.3. The summed E-state index contributed by atoms with van der Waals surface area (Å²) < 4.78 is 0. The number of carbonyl (C=O) groups is 1. The number of hydrogen-bond donors (Lipinski definition) is 3. The molecule has 0 fully saturated rings. The van der Waals surface area contributed by atoms with E-state index in [0.29, 0.717) is 0 Å². The maximum atomic E-state index is 10.1. The summed E-state index contributed by atoms with van der Waals surface area (Å²) in [4.78, 5) is 22.9. The van der Waals surface area contributed by atoms with Crippen LogP contribution in [0.1, 0.15) is 5.69 Å². The van der Waals surface area contributed by atoms with Gasteiger partial charge in [-0.2, -0.15) is 0 Å². The van der Waals surface area contributed by atoms with Gasteiger partial charge in [-0.25, -0.2) is 4.79 Å². The molecule has 19 heavy (non-hydrogen) atoms. The van der Waals surface area contributed by atoms with Gasteiger partial charge in [0.05, 0.1) is 4.92 Å². The van der Waals surface area contributed by atoms with Gasteiger partial charge in [-0.05, 0) is 24.8 Å². The van der Waals surface area contributed by atoms with Crippen molar-refractivity contribution in [3.05, 3.63) is 34.1 Å². The third-order valence-corrected chi connectivity index (χ3v) is 1.35. The molecule has 1 heterocycles. The Kier molecular flexibility index (Phi) is 13.0. The third-order valence-electron chi connectivity index (χ3n) is 1.35. The summed E-state index contributed by atoms with van der Waals surface area (Å²) in [7, 11) is 0. The topological polar surface area (TPSA) is 163 Å². The smallest absolute Gasteiger partial charge is 0.382 e. The van der Waals surface area contributed by atoms with Gasteiger partial charge in [-0.15, -0.1) is 6.42 Å². The molecule has 0 aliphatic heterocycles. The lowest BCUT2D eigenvalue weighted by atomic mass is 10.3. The third kappa shape index (κ3) is 11.3. The standard InChI is InChI=1S/C6H6N2O2.C5H2O2.2H3N/c1-5-2-3-6(4-7-5)8(9)10;1-2-3-4-5(6)7;;/h2-4H,1H3;1H,(H,6,7);2*1H3. The lowest BCUT2D eigenvalue weighted by Gasteiger charge is -1.89. The van der Waals surface area contributed by atoms with Crippen molar-refractivity contribution in [2.75, 3.05) is 0 Å². The molecule has 0 atom stereocenters. The second-order valence-electron chi connectivity index (χ2n) is 2.61. The second kappa shape index (κ2) is 11.5. The summed E-state index contributed by atoms with van der Waals surface area (Å²) in [6.45, 7) is 1.78. The Labute approximate surface area is 110 Å². The van der Waals surface area contributed by atoms with E-state index in [0.717, 1.165) is 5.69 Å². The van der Waals surface area contributed by atoms with Gasteiger partial charge in [0.2, 0.25) is 0 Å². The lowest BCUT2D eigenvalue weighted by Crippen LogP contribution is -1.88. The van der Waals surface area contributed by atoms with E-state index in [2.05, 4.69) is 11.4 Å². The first kappa shape index (κ1) is 21.4. The normalized spacial score (nSPS) is 6.74. The van der Waals surface area contributed by atoms with Crippen LogP contribution in [0.3, 0.4) is 0 Å². The number of aryl methyl sites for hydroxylation is 1. The Morgan fingerprint density at radius 3 is 2.32 bits per heavy atom. The molecule has 0 aliphatic carbocycles. The minimum absolute atomic E-state index is 0. The van der Waals surface area contributed by atoms with E-state index >= 15 is 0 Å². The Hall–Kier alpha value is -2.94. The fourth-order valence-electron chi connectivity index (χ4n) is 0.658. The van der Waals surface area contributed by atoms with Crippen LogP contribution in [0.2, 0.25) is 0 Å². The van der Waals surface area contributed by atoms with Gasteiger partial charge >= 0.3 is 5.97 Å². The molecule has 8 heteroatoms. The number of carboxylic acids is 1. The molecule has 8 nitrogen and oxygen atoms in total. The van der Waals surface area contributed by atoms with Crippen molar-refractivity contribution < 1.29 is 14.8 Å². The summed E-state index contributed by atoms with van der Waals surface area (Å²) in [6.07, 6.45) is 5.84. The number of hydrogen-bond acceptors (Lipinski definition) is 6. The predicted molar refractivity (Wildman–Crippen MR) is 69.9 cm³/mol. The molecule has 7 N–H and O–H groups in total. The Morgan fingerprint density at radius 2 is 2.05 bits per heavy atom. The molecule has 102 valence electrons. The van der Waals surface area contributed by atoms with Crippen LogP contribution in [0, 0.1) is 41.2 Å². The maximum absolute atomic E-state index is 10.1. The van der Waals surface area contributed by atoms with Crippen LogP contribution in [0.5, 0.6) is 0 Å². The van der Waals surface area contributed by atoms with Crippen molar-refractivity contribution in [3.8, 4) is 24.2 Å². The highest BCUT2D eigenvalue weighted by molar-refractivity contribution is 5.87. The van der Waals surface area contributed by atoms with E-state index in [-0.39, 0.29) is 18.0 Å². The number of carboxylic acid groups (broad SMARTS) is 1. The first-order valence-electron chi connectivity index (χ1n) is 4.24. The van der Waals surface area contributed by atoms with E-state index in [1.54, 1.807) is 18.9 Å². The largest absolute Gasteiger partial charge is 0.472 e. The number of nitro groups is 1. The Balaban J connectivity index is -0.000000258. The quantitative estimate of drug-likeness (QED) is 0.392. The molecular weight excluding hydrogens is 252 g/mol. The molecule has 1 aromatic rings. The van der Waals surface area contributed by atoms with Crippen molar-refractivity contribution in [3.63, 3.8) is 0 Å². The van der Waals surface area contributed by atoms with Gasteiger partial charge < -0.3 is 17.4 Å². The fourth-order valence-corrected chi connectivity index (χ4v) is 0.658. The van der Waals surface area contributed by atoms with Gasteiger partial charge in [0, 0.05) is 17.7 Å². The highest BCUT2D eigenvalue weighted by Crippen LogP contribution is 2.07. The average Bonchev–Trinajstić information content (AvgIpc) is 2.27. The number of rotatable bonds is 1. The molecular formula is C11H14N4O4. The molecule has 0 aliphatic rings. The molecule has 0 radical (unpaired) electrons. The van der Waals surface area contributed by atoms with Gasteiger partial charge in [-0.3, -0.25) is 15.1 Å².